The van der Waals surface area contributed by atoms with E-state index in [1.54, 1.807) is 18.2 Å². The lowest BCUT2D eigenvalue weighted by molar-refractivity contribution is 0.181. The molecule has 23 heavy (non-hydrogen) atoms. The van der Waals surface area contributed by atoms with Crippen molar-refractivity contribution in [1.82, 2.24) is 14.4 Å². The Kier molecular flexibility index (Phi) is 4.74. The summed E-state index contributed by atoms with van der Waals surface area (Å²) >= 11 is 0. The molecule has 124 valence electrons. The number of halogens is 1. The molecule has 0 N–H and O–H groups in total. The summed E-state index contributed by atoms with van der Waals surface area (Å²) in [5.41, 5.74) is 1.43. The van der Waals surface area contributed by atoms with Gasteiger partial charge in [-0.2, -0.15) is 4.31 Å². The Bertz CT molecular complexity index is 724. The van der Waals surface area contributed by atoms with Gasteiger partial charge < -0.3 is 4.52 Å². The van der Waals surface area contributed by atoms with Gasteiger partial charge in [-0.15, -0.1) is 0 Å². The molecule has 0 atom stereocenters. The van der Waals surface area contributed by atoms with Crippen LogP contribution in [0.4, 0.5) is 4.39 Å². The molecule has 1 aromatic carbocycles. The number of benzene rings is 1. The summed E-state index contributed by atoms with van der Waals surface area (Å²) in [6.07, 6.45) is 1.37. The van der Waals surface area contributed by atoms with Crippen LogP contribution in [-0.4, -0.2) is 49.0 Å². The van der Waals surface area contributed by atoms with Crippen molar-refractivity contribution in [1.29, 1.82) is 0 Å². The second-order valence-corrected chi connectivity index (χ2v) is 7.52. The molecule has 2 heterocycles. The van der Waals surface area contributed by atoms with Gasteiger partial charge in [-0.25, -0.2) is 12.8 Å². The van der Waals surface area contributed by atoms with Crippen molar-refractivity contribution in [2.75, 3.05) is 26.2 Å². The molecular formula is C15H18FN3O3S. The number of aromatic nitrogens is 1. The summed E-state index contributed by atoms with van der Waals surface area (Å²) in [6, 6.07) is 7.94. The fourth-order valence-corrected chi connectivity index (χ4v) is 4.03. The first-order valence-electron chi connectivity index (χ1n) is 7.37. The number of piperazine rings is 1. The molecule has 1 fully saturated rings. The first-order chi connectivity index (χ1) is 11.0. The average molecular weight is 339 g/mol. The van der Waals surface area contributed by atoms with Gasteiger partial charge in [-0.05, 0) is 17.7 Å². The zero-order valence-electron chi connectivity index (χ0n) is 12.6. The maximum Gasteiger partial charge on any atom is 0.220 e. The van der Waals surface area contributed by atoms with Gasteiger partial charge in [-0.3, -0.25) is 4.90 Å². The predicted octanol–water partition coefficient (Wildman–Crippen LogP) is 1.46. The molecule has 6 nitrogen and oxygen atoms in total. The predicted molar refractivity (Wildman–Crippen MR) is 82.4 cm³/mol. The van der Waals surface area contributed by atoms with Crippen LogP contribution in [0.1, 0.15) is 11.3 Å². The van der Waals surface area contributed by atoms with Gasteiger partial charge in [0.1, 0.15) is 17.8 Å². The fraction of sp³-hybridized carbons (Fsp3) is 0.400. The van der Waals surface area contributed by atoms with Gasteiger partial charge in [0.15, 0.2) is 0 Å². The number of rotatable bonds is 5. The minimum absolute atomic E-state index is 0.137. The number of hydrogen-bond donors (Lipinski definition) is 0. The van der Waals surface area contributed by atoms with E-state index in [0.29, 0.717) is 38.4 Å². The Balaban J connectivity index is 1.54. The third-order valence-corrected chi connectivity index (χ3v) is 5.68. The zero-order valence-corrected chi connectivity index (χ0v) is 13.4. The van der Waals surface area contributed by atoms with Crippen LogP contribution in [0.25, 0.3) is 0 Å². The van der Waals surface area contributed by atoms with Gasteiger partial charge in [-0.1, -0.05) is 17.3 Å². The average Bonchev–Trinajstić information content (AvgIpc) is 3.02. The molecule has 2 aromatic rings. The SMILES string of the molecule is O=S(=O)(Cc1ccon1)N1CCN(Cc2ccc(F)cc2)CC1. The van der Waals surface area contributed by atoms with Crippen LogP contribution < -0.4 is 0 Å². The highest BCUT2D eigenvalue weighted by molar-refractivity contribution is 7.88. The molecule has 1 aliphatic rings. The molecule has 3 rings (SSSR count). The van der Waals surface area contributed by atoms with Crippen LogP contribution in [0.15, 0.2) is 41.1 Å². The lowest BCUT2D eigenvalue weighted by atomic mass is 10.2. The van der Waals surface area contributed by atoms with Crippen molar-refractivity contribution in [2.24, 2.45) is 0 Å². The highest BCUT2D eigenvalue weighted by Crippen LogP contribution is 2.14. The van der Waals surface area contributed by atoms with E-state index in [2.05, 4.69) is 14.6 Å². The van der Waals surface area contributed by atoms with Crippen molar-refractivity contribution >= 4 is 10.0 Å². The van der Waals surface area contributed by atoms with E-state index in [0.717, 1.165) is 5.56 Å². The molecule has 8 heteroatoms. The number of hydrogen-bond acceptors (Lipinski definition) is 5. The molecule has 1 aliphatic heterocycles. The van der Waals surface area contributed by atoms with E-state index in [4.69, 9.17) is 0 Å². The molecule has 1 saturated heterocycles. The highest BCUT2D eigenvalue weighted by Gasteiger charge is 2.27. The Morgan fingerprint density at radius 1 is 1.09 bits per heavy atom. The molecule has 0 aliphatic carbocycles. The molecule has 0 amide bonds. The van der Waals surface area contributed by atoms with Crippen molar-refractivity contribution in [3.63, 3.8) is 0 Å². The van der Waals surface area contributed by atoms with E-state index in [1.165, 1.54) is 22.7 Å². The lowest BCUT2D eigenvalue weighted by Crippen LogP contribution is -2.48. The van der Waals surface area contributed by atoms with E-state index in [9.17, 15) is 12.8 Å². The Morgan fingerprint density at radius 3 is 2.39 bits per heavy atom. The Labute approximate surface area is 134 Å². The molecule has 0 saturated carbocycles. The first-order valence-corrected chi connectivity index (χ1v) is 8.98. The zero-order chi connectivity index (χ0) is 16.3. The van der Waals surface area contributed by atoms with E-state index in [-0.39, 0.29) is 11.6 Å². The molecule has 0 radical (unpaired) electrons. The van der Waals surface area contributed by atoms with Crippen molar-refractivity contribution < 1.29 is 17.3 Å². The molecule has 0 bridgehead atoms. The van der Waals surface area contributed by atoms with Crippen LogP contribution in [0.3, 0.4) is 0 Å². The van der Waals surface area contributed by atoms with Gasteiger partial charge >= 0.3 is 0 Å². The van der Waals surface area contributed by atoms with Gasteiger partial charge in [0.2, 0.25) is 10.0 Å². The third kappa shape index (κ3) is 4.15. The summed E-state index contributed by atoms with van der Waals surface area (Å²) in [5.74, 6) is -0.390. The summed E-state index contributed by atoms with van der Waals surface area (Å²) < 4.78 is 43.7. The fourth-order valence-electron chi connectivity index (χ4n) is 2.60. The second-order valence-electron chi connectivity index (χ2n) is 5.55. The summed E-state index contributed by atoms with van der Waals surface area (Å²) in [6.45, 7) is 2.88. The minimum atomic E-state index is -3.37. The van der Waals surface area contributed by atoms with E-state index < -0.39 is 10.0 Å². The smallest absolute Gasteiger partial charge is 0.220 e. The van der Waals surface area contributed by atoms with Crippen LogP contribution in [0.2, 0.25) is 0 Å². The van der Waals surface area contributed by atoms with Crippen molar-refractivity contribution in [2.45, 2.75) is 12.3 Å². The van der Waals surface area contributed by atoms with Crippen LogP contribution in [-0.2, 0) is 22.3 Å². The van der Waals surface area contributed by atoms with Crippen LogP contribution in [0.5, 0.6) is 0 Å². The maximum atomic E-state index is 12.9. The van der Waals surface area contributed by atoms with Crippen molar-refractivity contribution in [3.8, 4) is 0 Å². The monoisotopic (exact) mass is 339 g/mol. The summed E-state index contributed by atoms with van der Waals surface area (Å²) in [7, 11) is -3.37. The topological polar surface area (TPSA) is 66.7 Å². The third-order valence-electron chi connectivity index (χ3n) is 3.87. The largest absolute Gasteiger partial charge is 0.364 e. The second kappa shape index (κ2) is 6.77. The quantitative estimate of drug-likeness (QED) is 0.825. The maximum absolute atomic E-state index is 12.9. The number of nitrogens with zero attached hydrogens (tertiary/aromatic N) is 3. The lowest BCUT2D eigenvalue weighted by Gasteiger charge is -2.33. The molecule has 1 aromatic heterocycles. The van der Waals surface area contributed by atoms with Crippen LogP contribution >= 0.6 is 0 Å². The first kappa shape index (κ1) is 16.1. The standard InChI is InChI=1S/C15H18FN3O3S/c16-14-3-1-13(2-4-14)11-18-6-8-19(9-7-18)23(20,21)12-15-5-10-22-17-15/h1-5,10H,6-9,11-12H2. The van der Waals surface area contributed by atoms with E-state index >= 15 is 0 Å². The van der Waals surface area contributed by atoms with Gasteiger partial charge in [0, 0.05) is 38.8 Å². The van der Waals surface area contributed by atoms with Gasteiger partial charge in [0.05, 0.1) is 5.69 Å². The Morgan fingerprint density at radius 2 is 1.78 bits per heavy atom. The highest BCUT2D eigenvalue weighted by atomic mass is 32.2. The van der Waals surface area contributed by atoms with Gasteiger partial charge in [0.25, 0.3) is 0 Å². The molecule has 0 unspecified atom stereocenters. The Hall–Kier alpha value is -1.77. The number of sulfonamides is 1. The summed E-state index contributed by atoms with van der Waals surface area (Å²) in [4.78, 5) is 2.16. The van der Waals surface area contributed by atoms with Crippen molar-refractivity contribution in [3.05, 3.63) is 53.7 Å². The molecule has 0 spiro atoms. The normalized spacial score (nSPS) is 17.4. The van der Waals surface area contributed by atoms with E-state index in [1.807, 2.05) is 0 Å². The molecular weight excluding hydrogens is 321 g/mol. The van der Waals surface area contributed by atoms with Crippen LogP contribution in [0, 0.1) is 5.82 Å². The summed E-state index contributed by atoms with van der Waals surface area (Å²) in [5, 5.41) is 3.65. The minimum Gasteiger partial charge on any atom is -0.364 e.